The van der Waals surface area contributed by atoms with Crippen LogP contribution in [0.2, 0.25) is 0 Å². The predicted octanol–water partition coefficient (Wildman–Crippen LogP) is 2.96. The van der Waals surface area contributed by atoms with Crippen molar-refractivity contribution in [2.45, 2.75) is 51.9 Å². The first-order chi connectivity index (χ1) is 11.2. The van der Waals surface area contributed by atoms with Crippen molar-refractivity contribution in [2.75, 3.05) is 11.4 Å². The molecule has 0 atom stereocenters. The molecule has 0 spiro atoms. The van der Waals surface area contributed by atoms with Gasteiger partial charge in [0.1, 0.15) is 13.3 Å². The number of anilines is 1. The largest absolute Gasteiger partial charge is 0.388 e. The van der Waals surface area contributed by atoms with Gasteiger partial charge in [-0.1, -0.05) is 17.7 Å². The van der Waals surface area contributed by atoms with Crippen molar-refractivity contribution in [2.24, 2.45) is 0 Å². The van der Waals surface area contributed by atoms with Crippen LogP contribution in [-0.4, -0.2) is 26.0 Å². The smallest absolute Gasteiger partial charge is 0.199 e. The van der Waals surface area contributed by atoms with Gasteiger partial charge in [-0.3, -0.25) is 4.57 Å². The summed E-state index contributed by atoms with van der Waals surface area (Å²) in [5.74, 6) is 0.693. The highest BCUT2D eigenvalue weighted by molar-refractivity contribution is 7.71. The third-order valence-electron chi connectivity index (χ3n) is 4.75. The number of aryl methyl sites for hydroxylation is 2. The van der Waals surface area contributed by atoms with Crippen molar-refractivity contribution in [3.8, 4) is 0 Å². The van der Waals surface area contributed by atoms with Crippen molar-refractivity contribution in [3.63, 3.8) is 0 Å². The van der Waals surface area contributed by atoms with Gasteiger partial charge in [0.15, 0.2) is 10.6 Å². The number of aliphatic hydroxyl groups is 1. The molecule has 6 heteroatoms. The van der Waals surface area contributed by atoms with Crippen LogP contribution in [0.4, 0.5) is 5.69 Å². The fraction of sp³-hybridized carbons (Fsp3) is 0.529. The summed E-state index contributed by atoms with van der Waals surface area (Å²) in [6.07, 6.45) is 4.56. The van der Waals surface area contributed by atoms with E-state index in [2.05, 4.69) is 35.1 Å². The third-order valence-corrected chi connectivity index (χ3v) is 5.16. The average Bonchev–Trinajstić information content (AvgIpc) is 3.33. The van der Waals surface area contributed by atoms with Crippen LogP contribution in [0.3, 0.4) is 0 Å². The Morgan fingerprint density at radius 1 is 1.35 bits per heavy atom. The van der Waals surface area contributed by atoms with Crippen molar-refractivity contribution in [1.82, 2.24) is 14.3 Å². The summed E-state index contributed by atoms with van der Waals surface area (Å²) >= 11 is 5.61. The summed E-state index contributed by atoms with van der Waals surface area (Å²) in [4.78, 5) is 2.35. The zero-order valence-corrected chi connectivity index (χ0v) is 14.2. The molecular formula is C17H22N4OS. The first-order valence-corrected chi connectivity index (χ1v) is 8.72. The van der Waals surface area contributed by atoms with Crippen LogP contribution in [0.25, 0.3) is 0 Å². The van der Waals surface area contributed by atoms with Gasteiger partial charge in [-0.15, -0.1) is 0 Å². The number of hydrogen-bond donors (Lipinski definition) is 1. The van der Waals surface area contributed by atoms with E-state index in [1.165, 1.54) is 16.8 Å². The van der Waals surface area contributed by atoms with Gasteiger partial charge in [-0.25, -0.2) is 4.68 Å². The average molecular weight is 330 g/mol. The van der Waals surface area contributed by atoms with Gasteiger partial charge in [-0.2, -0.15) is 5.10 Å². The second kappa shape index (κ2) is 5.76. The molecule has 1 fully saturated rings. The van der Waals surface area contributed by atoms with Crippen LogP contribution in [0.1, 0.15) is 42.3 Å². The fourth-order valence-corrected chi connectivity index (χ4v) is 3.83. The molecule has 1 aromatic heterocycles. The molecule has 0 unspecified atom stereocenters. The highest BCUT2D eigenvalue weighted by Crippen LogP contribution is 2.36. The van der Waals surface area contributed by atoms with E-state index in [1.807, 2.05) is 9.25 Å². The highest BCUT2D eigenvalue weighted by Gasteiger charge is 2.28. The minimum Gasteiger partial charge on any atom is -0.388 e. The van der Waals surface area contributed by atoms with E-state index in [0.717, 1.165) is 37.0 Å². The van der Waals surface area contributed by atoms with Gasteiger partial charge < -0.3 is 10.0 Å². The molecule has 5 nitrogen and oxygen atoms in total. The molecule has 1 aromatic carbocycles. The number of aromatic nitrogens is 3. The van der Waals surface area contributed by atoms with E-state index < -0.39 is 0 Å². The molecular weight excluding hydrogens is 308 g/mol. The SMILES string of the molecule is Cc1ccc2c(c1)CCCN2Cn1nc(CO)n(C2CC2)c1=S. The highest BCUT2D eigenvalue weighted by atomic mass is 32.1. The molecule has 2 aromatic rings. The number of benzene rings is 1. The lowest BCUT2D eigenvalue weighted by molar-refractivity contribution is 0.263. The maximum atomic E-state index is 9.57. The molecule has 0 bridgehead atoms. The van der Waals surface area contributed by atoms with Crippen molar-refractivity contribution >= 4 is 17.9 Å². The second-order valence-electron chi connectivity index (χ2n) is 6.60. The zero-order valence-electron chi connectivity index (χ0n) is 13.4. The summed E-state index contributed by atoms with van der Waals surface area (Å²) in [5.41, 5.74) is 4.00. The lowest BCUT2D eigenvalue weighted by Crippen LogP contribution is -2.32. The van der Waals surface area contributed by atoms with Crippen molar-refractivity contribution in [1.29, 1.82) is 0 Å². The second-order valence-corrected chi connectivity index (χ2v) is 6.96. The molecule has 0 radical (unpaired) electrons. The zero-order chi connectivity index (χ0) is 16.0. The van der Waals surface area contributed by atoms with Gasteiger partial charge in [0.2, 0.25) is 0 Å². The Balaban J connectivity index is 1.66. The topological polar surface area (TPSA) is 46.2 Å². The Morgan fingerprint density at radius 3 is 2.91 bits per heavy atom. The van der Waals surface area contributed by atoms with E-state index in [1.54, 1.807) is 0 Å². The molecule has 1 saturated carbocycles. The molecule has 0 saturated heterocycles. The number of aliphatic hydroxyl groups excluding tert-OH is 1. The lowest BCUT2D eigenvalue weighted by atomic mass is 10.00. The summed E-state index contributed by atoms with van der Waals surface area (Å²) in [6.45, 7) is 3.76. The first kappa shape index (κ1) is 14.9. The molecule has 1 aliphatic heterocycles. The monoisotopic (exact) mass is 330 g/mol. The van der Waals surface area contributed by atoms with Gasteiger partial charge >= 0.3 is 0 Å². The maximum absolute atomic E-state index is 9.57. The summed E-state index contributed by atoms with van der Waals surface area (Å²) in [6, 6.07) is 7.09. The Morgan fingerprint density at radius 2 is 2.17 bits per heavy atom. The number of nitrogens with zero attached hydrogens (tertiary/aromatic N) is 4. The molecule has 2 heterocycles. The van der Waals surface area contributed by atoms with Crippen LogP contribution >= 0.6 is 12.2 Å². The van der Waals surface area contributed by atoms with Crippen molar-refractivity contribution in [3.05, 3.63) is 39.9 Å². The first-order valence-electron chi connectivity index (χ1n) is 8.31. The van der Waals surface area contributed by atoms with Crippen LogP contribution < -0.4 is 4.90 Å². The summed E-state index contributed by atoms with van der Waals surface area (Å²) in [7, 11) is 0. The van der Waals surface area contributed by atoms with Gasteiger partial charge in [-0.05, 0) is 56.5 Å². The summed E-state index contributed by atoms with van der Waals surface area (Å²) in [5, 5.41) is 14.1. The molecule has 4 rings (SSSR count). The molecule has 0 amide bonds. The van der Waals surface area contributed by atoms with E-state index in [-0.39, 0.29) is 6.61 Å². The van der Waals surface area contributed by atoms with Gasteiger partial charge in [0.05, 0.1) is 0 Å². The van der Waals surface area contributed by atoms with E-state index in [0.29, 0.717) is 18.5 Å². The van der Waals surface area contributed by atoms with E-state index in [4.69, 9.17) is 12.2 Å². The Kier molecular flexibility index (Phi) is 3.73. The van der Waals surface area contributed by atoms with Crippen LogP contribution in [-0.2, 0) is 19.7 Å². The van der Waals surface area contributed by atoms with Crippen LogP contribution in [0, 0.1) is 11.7 Å². The van der Waals surface area contributed by atoms with Crippen LogP contribution in [0.15, 0.2) is 18.2 Å². The minimum atomic E-state index is -0.0527. The maximum Gasteiger partial charge on any atom is 0.199 e. The van der Waals surface area contributed by atoms with Gasteiger partial charge in [0, 0.05) is 18.3 Å². The summed E-state index contributed by atoms with van der Waals surface area (Å²) < 4.78 is 4.64. The Hall–Kier alpha value is -1.66. The Labute approximate surface area is 141 Å². The molecule has 1 N–H and O–H groups in total. The molecule has 2 aliphatic rings. The Bertz CT molecular complexity index is 790. The lowest BCUT2D eigenvalue weighted by Gasteiger charge is -2.31. The van der Waals surface area contributed by atoms with Crippen LogP contribution in [0.5, 0.6) is 0 Å². The number of rotatable bonds is 4. The quantitative estimate of drug-likeness (QED) is 0.876. The molecule has 122 valence electrons. The normalized spacial score (nSPS) is 17.4. The molecule has 1 aliphatic carbocycles. The minimum absolute atomic E-state index is 0.0527. The van der Waals surface area contributed by atoms with E-state index in [9.17, 15) is 5.11 Å². The van der Waals surface area contributed by atoms with Gasteiger partial charge in [0.25, 0.3) is 0 Å². The number of hydrogen-bond acceptors (Lipinski definition) is 4. The third kappa shape index (κ3) is 2.70. The van der Waals surface area contributed by atoms with E-state index >= 15 is 0 Å². The fourth-order valence-electron chi connectivity index (χ4n) is 3.48. The predicted molar refractivity (Wildman–Crippen MR) is 92.1 cm³/mol. The standard InChI is InChI=1S/C17H22N4OS/c1-12-4-7-15-13(9-12)3-2-8-19(15)11-20-17(23)21(14-5-6-14)16(10-22)18-20/h4,7,9,14,22H,2-3,5-6,8,10-11H2,1H3. The molecule has 23 heavy (non-hydrogen) atoms. The number of fused-ring (bicyclic) bond motifs is 1. The van der Waals surface area contributed by atoms with Crippen molar-refractivity contribution < 1.29 is 5.11 Å².